The van der Waals surface area contributed by atoms with Gasteiger partial charge >= 0.3 is 5.97 Å². The molecule has 1 saturated heterocycles. The summed E-state index contributed by atoms with van der Waals surface area (Å²) in [6.07, 6.45) is -3.02. The molecule has 2 N–H and O–H groups in total. The molecule has 0 bridgehead atoms. The second kappa shape index (κ2) is 11.1. The number of rotatable bonds is 8. The van der Waals surface area contributed by atoms with E-state index >= 15 is 0 Å². The Hall–Kier alpha value is -2.78. The summed E-state index contributed by atoms with van der Waals surface area (Å²) in [5.74, 6) is -1.28. The largest absolute Gasteiger partial charge is 0.481 e. The number of carbonyl (C=O) groups excluding carboxylic acids is 1. The van der Waals surface area contributed by atoms with E-state index in [0.29, 0.717) is 32.9 Å². The number of hydrogen-bond acceptors (Lipinski definition) is 4. The van der Waals surface area contributed by atoms with Gasteiger partial charge in [-0.15, -0.1) is 0 Å². The Labute approximate surface area is 220 Å². The van der Waals surface area contributed by atoms with Crippen molar-refractivity contribution in [2.75, 3.05) is 24.5 Å². The minimum atomic E-state index is -1.62. The highest BCUT2D eigenvalue weighted by molar-refractivity contribution is 9.10. The highest BCUT2D eigenvalue weighted by Crippen LogP contribution is 2.33. The van der Waals surface area contributed by atoms with Crippen LogP contribution in [0.2, 0.25) is 5.02 Å². The molecule has 1 fully saturated rings. The Morgan fingerprint density at radius 3 is 2.58 bits per heavy atom. The van der Waals surface area contributed by atoms with Crippen molar-refractivity contribution in [2.45, 2.75) is 38.0 Å². The third-order valence-corrected chi connectivity index (χ3v) is 7.27. The first-order chi connectivity index (χ1) is 17.2. The van der Waals surface area contributed by atoms with Gasteiger partial charge in [0.1, 0.15) is 5.82 Å². The first-order valence-corrected chi connectivity index (χ1v) is 12.7. The van der Waals surface area contributed by atoms with Gasteiger partial charge in [-0.05, 0) is 43.2 Å². The predicted molar refractivity (Wildman–Crippen MR) is 140 cm³/mol. The van der Waals surface area contributed by atoms with Gasteiger partial charge in [0.15, 0.2) is 12.3 Å². The Kier molecular flexibility index (Phi) is 8.10. The fraction of sp³-hybridized carbons (Fsp3) is 0.346. The molecule has 3 aromatic rings. The third-order valence-electron chi connectivity index (χ3n) is 6.43. The topological polar surface area (TPSA) is 82.5 Å². The molecule has 2 heterocycles. The minimum Gasteiger partial charge on any atom is -0.481 e. The van der Waals surface area contributed by atoms with Crippen molar-refractivity contribution in [2.24, 2.45) is 0 Å². The van der Waals surface area contributed by atoms with Crippen LogP contribution < -0.4 is 10.2 Å². The lowest BCUT2D eigenvalue weighted by molar-refractivity contribution is -0.137. The van der Waals surface area contributed by atoms with E-state index in [1.165, 1.54) is 4.90 Å². The van der Waals surface area contributed by atoms with Crippen molar-refractivity contribution in [3.8, 4) is 0 Å². The molecule has 0 spiro atoms. The number of aliphatic carboxylic acids is 1. The van der Waals surface area contributed by atoms with Crippen LogP contribution in [0.25, 0.3) is 10.9 Å². The molecule has 2 aromatic carbocycles. The lowest BCUT2D eigenvalue weighted by atomic mass is 9.93. The summed E-state index contributed by atoms with van der Waals surface area (Å²) < 4.78 is 28.7. The lowest BCUT2D eigenvalue weighted by Gasteiger charge is -2.23. The molecule has 36 heavy (non-hydrogen) atoms. The van der Waals surface area contributed by atoms with Crippen LogP contribution in [0.4, 0.5) is 14.6 Å². The minimum absolute atomic E-state index is 0.0795. The fourth-order valence-corrected chi connectivity index (χ4v) is 5.24. The molecule has 0 saturated carbocycles. The summed E-state index contributed by atoms with van der Waals surface area (Å²) in [5.41, 5.74) is 2.14. The highest BCUT2D eigenvalue weighted by Gasteiger charge is 2.35. The molecular formula is C26H25BrClF2N3O3. The lowest BCUT2D eigenvalue weighted by Crippen LogP contribution is -2.31. The van der Waals surface area contributed by atoms with E-state index in [9.17, 15) is 23.5 Å². The van der Waals surface area contributed by atoms with Crippen LogP contribution in [-0.2, 0) is 4.79 Å². The van der Waals surface area contributed by atoms with Crippen LogP contribution in [0.3, 0.4) is 0 Å². The number of nitrogens with one attached hydrogen (secondary N) is 1. The van der Waals surface area contributed by atoms with E-state index in [1.807, 2.05) is 12.1 Å². The number of halogens is 4. The fourth-order valence-electron chi connectivity index (χ4n) is 4.59. The van der Waals surface area contributed by atoms with Gasteiger partial charge in [0.05, 0.1) is 24.2 Å². The zero-order valence-corrected chi connectivity index (χ0v) is 21.8. The molecule has 6 nitrogen and oxygen atoms in total. The number of pyridine rings is 1. The third kappa shape index (κ3) is 5.62. The van der Waals surface area contributed by atoms with Crippen molar-refractivity contribution < 1.29 is 23.5 Å². The number of aromatic nitrogens is 1. The number of hydrogen-bond donors (Lipinski definition) is 2. The molecule has 3 atom stereocenters. The Morgan fingerprint density at radius 1 is 1.22 bits per heavy atom. The molecule has 190 valence electrons. The van der Waals surface area contributed by atoms with Gasteiger partial charge < -0.3 is 15.3 Å². The van der Waals surface area contributed by atoms with Gasteiger partial charge in [0.25, 0.3) is 5.91 Å². The second-order valence-electron chi connectivity index (χ2n) is 8.89. The van der Waals surface area contributed by atoms with E-state index in [4.69, 9.17) is 11.6 Å². The van der Waals surface area contributed by atoms with Crippen molar-refractivity contribution in [3.05, 3.63) is 68.7 Å². The smallest absolute Gasteiger partial charge is 0.303 e. The first kappa shape index (κ1) is 26.3. The van der Waals surface area contributed by atoms with Crippen LogP contribution >= 0.6 is 27.5 Å². The van der Waals surface area contributed by atoms with E-state index in [1.54, 1.807) is 37.3 Å². The summed E-state index contributed by atoms with van der Waals surface area (Å²) in [6.45, 7) is 1.60. The van der Waals surface area contributed by atoms with Crippen molar-refractivity contribution in [1.82, 2.24) is 10.3 Å². The zero-order valence-electron chi connectivity index (χ0n) is 19.5. The average Bonchev–Trinajstić information content (AvgIpc) is 3.17. The van der Waals surface area contributed by atoms with E-state index in [2.05, 4.69) is 26.2 Å². The maximum atomic E-state index is 14.0. The molecule has 1 aliphatic rings. The van der Waals surface area contributed by atoms with E-state index in [-0.39, 0.29) is 44.3 Å². The van der Waals surface area contributed by atoms with Gasteiger partial charge in [-0.1, -0.05) is 45.7 Å². The molecule has 0 aliphatic carbocycles. The van der Waals surface area contributed by atoms with Crippen LogP contribution in [-0.4, -0.2) is 53.9 Å². The predicted octanol–water partition coefficient (Wildman–Crippen LogP) is 5.83. The monoisotopic (exact) mass is 579 g/mol. The molecule has 1 amide bonds. The maximum absolute atomic E-state index is 14.0. The van der Waals surface area contributed by atoms with Crippen LogP contribution in [0.15, 0.2) is 46.9 Å². The molecule has 4 rings (SSSR count). The van der Waals surface area contributed by atoms with Crippen molar-refractivity contribution in [1.29, 1.82) is 0 Å². The maximum Gasteiger partial charge on any atom is 0.303 e. The molecular weight excluding hydrogens is 556 g/mol. The number of benzene rings is 2. The molecule has 1 unspecified atom stereocenters. The second-order valence-corrected chi connectivity index (χ2v) is 10.2. The molecule has 1 aliphatic heterocycles. The number of fused-ring (bicyclic) bond motifs is 1. The van der Waals surface area contributed by atoms with Gasteiger partial charge in [-0.25, -0.2) is 13.8 Å². The average molecular weight is 581 g/mol. The Morgan fingerprint density at radius 2 is 1.92 bits per heavy atom. The number of alkyl halides is 2. The van der Waals surface area contributed by atoms with Gasteiger partial charge in [0, 0.05) is 39.3 Å². The summed E-state index contributed by atoms with van der Waals surface area (Å²) in [5, 5.41) is 13.2. The normalized spacial score (nSPS) is 18.4. The van der Waals surface area contributed by atoms with Crippen LogP contribution in [0, 0.1) is 6.92 Å². The summed E-state index contributed by atoms with van der Waals surface area (Å²) in [7, 11) is 0. The molecule has 0 radical (unpaired) electrons. The molecule has 1 aromatic heterocycles. The highest BCUT2D eigenvalue weighted by atomic mass is 79.9. The summed E-state index contributed by atoms with van der Waals surface area (Å²) >= 11 is 9.80. The number of nitrogens with zero attached hydrogens (tertiary/aromatic N) is 2. The zero-order chi connectivity index (χ0) is 26.0. The van der Waals surface area contributed by atoms with Crippen LogP contribution in [0.1, 0.15) is 40.2 Å². The Bertz CT molecular complexity index is 1300. The van der Waals surface area contributed by atoms with E-state index in [0.717, 1.165) is 10.0 Å². The summed E-state index contributed by atoms with van der Waals surface area (Å²) in [4.78, 5) is 30.9. The number of carboxylic acids is 1. The van der Waals surface area contributed by atoms with E-state index < -0.39 is 18.3 Å². The number of carboxylic acid groups (broad SMARTS) is 1. The quantitative estimate of drug-likeness (QED) is 0.350. The van der Waals surface area contributed by atoms with Crippen molar-refractivity contribution >= 4 is 56.1 Å². The number of carbonyl (C=O) groups is 2. The first-order valence-electron chi connectivity index (χ1n) is 11.5. The van der Waals surface area contributed by atoms with Gasteiger partial charge in [-0.3, -0.25) is 9.59 Å². The Balaban J connectivity index is 1.68. The molecule has 10 heteroatoms. The van der Waals surface area contributed by atoms with Gasteiger partial charge in [0.2, 0.25) is 0 Å². The number of amides is 1. The number of anilines is 1. The van der Waals surface area contributed by atoms with Crippen LogP contribution in [0.5, 0.6) is 0 Å². The SMILES string of the molecule is Cc1c(N2C[C@@H](F)[C@H](F)C2)nc2ccc(Br)cc2c1C(=O)NCC(CCC(=O)O)c1ccccc1Cl. The van der Waals surface area contributed by atoms with Gasteiger partial charge in [-0.2, -0.15) is 0 Å². The van der Waals surface area contributed by atoms with Crippen molar-refractivity contribution in [3.63, 3.8) is 0 Å². The standard InChI is InChI=1S/C26H25BrClF2N3O3/c1-14-24(26(36)31-11-15(6-9-23(34)35)17-4-2-3-5-19(17)28)18-10-16(27)7-8-22(18)32-25(14)33-12-20(29)21(30)13-33/h2-5,7-8,10,15,20-21H,6,9,11-13H2,1H3,(H,31,36)(H,34,35)/t15?,20-,21-/m1/s1. The summed E-state index contributed by atoms with van der Waals surface area (Å²) in [6, 6.07) is 12.5.